The number of ether oxygens (including phenoxy) is 1. The van der Waals surface area contributed by atoms with Gasteiger partial charge in [0.05, 0.1) is 23.4 Å². The van der Waals surface area contributed by atoms with Gasteiger partial charge in [-0.05, 0) is 61.7 Å². The Bertz CT molecular complexity index is 1030. The molecule has 0 radical (unpaired) electrons. The van der Waals surface area contributed by atoms with Gasteiger partial charge in [0.2, 0.25) is 0 Å². The Morgan fingerprint density at radius 3 is 2.67 bits per heavy atom. The monoisotopic (exact) mass is 443 g/mol. The number of anilines is 1. The normalized spacial score (nSPS) is 14.9. The minimum atomic E-state index is -0.0397. The topological polar surface area (TPSA) is 45.7 Å². The molecule has 0 aliphatic carbocycles. The Hall–Kier alpha value is -1.99. The molecule has 0 saturated carbocycles. The van der Waals surface area contributed by atoms with Gasteiger partial charge < -0.3 is 4.74 Å². The van der Waals surface area contributed by atoms with Gasteiger partial charge in [-0.2, -0.15) is 0 Å². The lowest BCUT2D eigenvalue weighted by molar-refractivity contribution is 0.0376. The van der Waals surface area contributed by atoms with Crippen molar-refractivity contribution in [1.29, 1.82) is 0 Å². The fourth-order valence-electron chi connectivity index (χ4n) is 3.78. The Labute approximate surface area is 186 Å². The van der Waals surface area contributed by atoms with E-state index >= 15 is 0 Å². The molecule has 0 N–H and O–H groups in total. The van der Waals surface area contributed by atoms with Crippen molar-refractivity contribution in [2.45, 2.75) is 20.3 Å². The first-order valence-electron chi connectivity index (χ1n) is 10.3. The van der Waals surface area contributed by atoms with Crippen molar-refractivity contribution in [2.75, 3.05) is 44.3 Å². The van der Waals surface area contributed by atoms with Gasteiger partial charge in [-0.15, -0.1) is 0 Å². The first-order valence-corrected chi connectivity index (χ1v) is 11.5. The molecule has 1 aliphatic rings. The molecular weight excluding hydrogens is 418 g/mol. The van der Waals surface area contributed by atoms with Gasteiger partial charge in [-0.1, -0.05) is 29.0 Å². The van der Waals surface area contributed by atoms with Crippen LogP contribution in [0.25, 0.3) is 10.2 Å². The summed E-state index contributed by atoms with van der Waals surface area (Å²) in [6.45, 7) is 9.18. The van der Waals surface area contributed by atoms with E-state index in [1.165, 1.54) is 5.56 Å². The summed E-state index contributed by atoms with van der Waals surface area (Å²) < 4.78 is 6.55. The first-order chi connectivity index (χ1) is 14.5. The van der Waals surface area contributed by atoms with Gasteiger partial charge in [0.25, 0.3) is 5.91 Å². The number of carbonyl (C=O) groups is 1. The minimum absolute atomic E-state index is 0.0397. The average molecular weight is 444 g/mol. The predicted molar refractivity (Wildman–Crippen MR) is 124 cm³/mol. The molecule has 1 aliphatic heterocycles. The van der Waals surface area contributed by atoms with Crippen LogP contribution < -0.4 is 4.90 Å². The Morgan fingerprint density at radius 1 is 1.20 bits per heavy atom. The van der Waals surface area contributed by atoms with Gasteiger partial charge in [-0.25, -0.2) is 4.98 Å². The number of fused-ring (bicyclic) bond motifs is 1. The fraction of sp³-hybridized carbons (Fsp3) is 0.391. The van der Waals surface area contributed by atoms with E-state index in [2.05, 4.69) is 30.9 Å². The number of nitrogens with zero attached hydrogens (tertiary/aromatic N) is 3. The Morgan fingerprint density at radius 2 is 1.93 bits per heavy atom. The molecule has 5 nitrogen and oxygen atoms in total. The van der Waals surface area contributed by atoms with Gasteiger partial charge in [0.15, 0.2) is 5.13 Å². The van der Waals surface area contributed by atoms with Crippen molar-refractivity contribution in [3.8, 4) is 0 Å². The summed E-state index contributed by atoms with van der Waals surface area (Å²) in [5.41, 5.74) is 3.94. The fourth-order valence-corrected chi connectivity index (χ4v) is 5.08. The number of rotatable bonds is 6. The Balaban J connectivity index is 1.59. The van der Waals surface area contributed by atoms with E-state index in [-0.39, 0.29) is 5.91 Å². The minimum Gasteiger partial charge on any atom is -0.379 e. The summed E-state index contributed by atoms with van der Waals surface area (Å²) in [6.07, 6.45) is 0.882. The molecule has 0 unspecified atom stereocenters. The van der Waals surface area contributed by atoms with E-state index in [1.54, 1.807) is 35.6 Å². The molecule has 4 rings (SSSR count). The highest BCUT2D eigenvalue weighted by atomic mass is 35.5. The van der Waals surface area contributed by atoms with Crippen LogP contribution in [0.2, 0.25) is 5.02 Å². The summed E-state index contributed by atoms with van der Waals surface area (Å²) in [6, 6.07) is 11.3. The summed E-state index contributed by atoms with van der Waals surface area (Å²) in [4.78, 5) is 22.4. The molecule has 1 fully saturated rings. The third kappa shape index (κ3) is 4.83. The standard InChI is InChI=1S/C23H26ClN3O2S/c1-16-14-17(2)21-20(15-16)30-23(25-21)27(9-3-8-26-10-12-29-13-11-26)22(28)18-4-6-19(24)7-5-18/h4-7,14-15H,3,8-13H2,1-2H3. The van der Waals surface area contributed by atoms with Crippen molar-refractivity contribution >= 4 is 44.2 Å². The zero-order valence-corrected chi connectivity index (χ0v) is 18.9. The number of carbonyl (C=O) groups excluding carboxylic acids is 1. The summed E-state index contributed by atoms with van der Waals surface area (Å²) in [7, 11) is 0. The lowest BCUT2D eigenvalue weighted by Gasteiger charge is -2.27. The number of aromatic nitrogens is 1. The molecule has 158 valence electrons. The predicted octanol–water partition coefficient (Wildman–Crippen LogP) is 4.94. The van der Waals surface area contributed by atoms with Crippen LogP contribution in [-0.2, 0) is 4.74 Å². The van der Waals surface area contributed by atoms with Crippen LogP contribution in [-0.4, -0.2) is 55.2 Å². The van der Waals surface area contributed by atoms with Crippen molar-refractivity contribution in [3.63, 3.8) is 0 Å². The second-order valence-electron chi connectivity index (χ2n) is 7.70. The van der Waals surface area contributed by atoms with Crippen LogP contribution in [0, 0.1) is 13.8 Å². The van der Waals surface area contributed by atoms with Gasteiger partial charge in [0, 0.05) is 36.8 Å². The number of hydrogen-bond acceptors (Lipinski definition) is 5. The second-order valence-corrected chi connectivity index (χ2v) is 9.14. The lowest BCUT2D eigenvalue weighted by atomic mass is 10.1. The maximum atomic E-state index is 13.4. The van der Waals surface area contributed by atoms with E-state index < -0.39 is 0 Å². The molecule has 7 heteroatoms. The van der Waals surface area contributed by atoms with Crippen LogP contribution >= 0.6 is 22.9 Å². The molecular formula is C23H26ClN3O2S. The molecule has 2 heterocycles. The molecule has 1 aromatic heterocycles. The van der Waals surface area contributed by atoms with Gasteiger partial charge >= 0.3 is 0 Å². The number of amides is 1. The van der Waals surface area contributed by atoms with Crippen LogP contribution in [0.5, 0.6) is 0 Å². The Kier molecular flexibility index (Phi) is 6.68. The molecule has 0 spiro atoms. The summed E-state index contributed by atoms with van der Waals surface area (Å²) >= 11 is 7.60. The first kappa shape index (κ1) is 21.2. The number of thiazole rings is 1. The van der Waals surface area contributed by atoms with Crippen molar-refractivity contribution < 1.29 is 9.53 Å². The summed E-state index contributed by atoms with van der Waals surface area (Å²) in [5, 5.41) is 1.37. The highest BCUT2D eigenvalue weighted by Crippen LogP contribution is 2.32. The number of benzene rings is 2. The number of aryl methyl sites for hydroxylation is 2. The third-order valence-corrected chi connectivity index (χ3v) is 6.62. The molecule has 30 heavy (non-hydrogen) atoms. The molecule has 1 amide bonds. The van der Waals surface area contributed by atoms with E-state index in [4.69, 9.17) is 21.3 Å². The summed E-state index contributed by atoms with van der Waals surface area (Å²) in [5.74, 6) is -0.0397. The van der Waals surface area contributed by atoms with Crippen LogP contribution in [0.1, 0.15) is 27.9 Å². The van der Waals surface area contributed by atoms with E-state index in [9.17, 15) is 4.79 Å². The van der Waals surface area contributed by atoms with E-state index in [0.717, 1.165) is 60.2 Å². The van der Waals surface area contributed by atoms with Crippen LogP contribution in [0.3, 0.4) is 0 Å². The van der Waals surface area contributed by atoms with E-state index in [0.29, 0.717) is 17.1 Å². The number of halogens is 1. The largest absolute Gasteiger partial charge is 0.379 e. The molecule has 2 aromatic carbocycles. The average Bonchev–Trinajstić information content (AvgIpc) is 3.16. The van der Waals surface area contributed by atoms with Crippen molar-refractivity contribution in [3.05, 3.63) is 58.1 Å². The SMILES string of the molecule is Cc1cc(C)c2nc(N(CCCN3CCOCC3)C(=O)c3ccc(Cl)cc3)sc2c1. The lowest BCUT2D eigenvalue weighted by Crippen LogP contribution is -2.39. The zero-order chi connectivity index (χ0) is 21.1. The third-order valence-electron chi connectivity index (χ3n) is 5.35. The van der Waals surface area contributed by atoms with Crippen molar-refractivity contribution in [2.24, 2.45) is 0 Å². The smallest absolute Gasteiger partial charge is 0.260 e. The quantitative estimate of drug-likeness (QED) is 0.541. The number of hydrogen-bond donors (Lipinski definition) is 0. The van der Waals surface area contributed by atoms with Gasteiger partial charge in [0.1, 0.15) is 0 Å². The van der Waals surface area contributed by atoms with Crippen LogP contribution in [0.4, 0.5) is 5.13 Å². The van der Waals surface area contributed by atoms with Crippen LogP contribution in [0.15, 0.2) is 36.4 Å². The molecule has 0 atom stereocenters. The second kappa shape index (κ2) is 9.43. The highest BCUT2D eigenvalue weighted by Gasteiger charge is 2.22. The molecule has 3 aromatic rings. The van der Waals surface area contributed by atoms with Crippen molar-refractivity contribution in [1.82, 2.24) is 9.88 Å². The van der Waals surface area contributed by atoms with Gasteiger partial charge in [-0.3, -0.25) is 14.6 Å². The molecule has 1 saturated heterocycles. The van der Waals surface area contributed by atoms with E-state index in [1.807, 2.05) is 4.90 Å². The molecule has 0 bridgehead atoms. The maximum Gasteiger partial charge on any atom is 0.260 e. The highest BCUT2D eigenvalue weighted by molar-refractivity contribution is 7.22. The number of morpholine rings is 1. The maximum absolute atomic E-state index is 13.4. The zero-order valence-electron chi connectivity index (χ0n) is 17.4.